The summed E-state index contributed by atoms with van der Waals surface area (Å²) < 4.78 is 0. The predicted octanol–water partition coefficient (Wildman–Crippen LogP) is 2.67. The van der Waals surface area contributed by atoms with E-state index in [1.54, 1.807) is 13.8 Å². The van der Waals surface area contributed by atoms with Crippen LogP contribution in [0.4, 0.5) is 5.69 Å². The maximum atomic E-state index is 11.1. The zero-order valence-electron chi connectivity index (χ0n) is 10.4. The second kappa shape index (κ2) is 6.20. The Balaban J connectivity index is 3.20. The minimum atomic E-state index is -1.03. The van der Waals surface area contributed by atoms with E-state index in [2.05, 4.69) is 0 Å². The predicted molar refractivity (Wildman–Crippen MR) is 69.9 cm³/mol. The molecule has 0 aromatic heterocycles. The third-order valence-corrected chi connectivity index (χ3v) is 3.97. The molecule has 1 atom stereocenters. The van der Waals surface area contributed by atoms with Gasteiger partial charge in [-0.3, -0.25) is 14.9 Å². The van der Waals surface area contributed by atoms with Gasteiger partial charge in [0, 0.05) is 6.07 Å². The number of thioether (sulfide) groups is 1. The number of aliphatic carboxylic acids is 1. The number of nitriles is 1. The van der Waals surface area contributed by atoms with Crippen LogP contribution < -0.4 is 0 Å². The molecule has 0 bridgehead atoms. The van der Waals surface area contributed by atoms with Gasteiger partial charge in [0.25, 0.3) is 5.69 Å². The highest BCUT2D eigenvalue weighted by Gasteiger charge is 2.26. The molecule has 0 aliphatic carbocycles. The molecular weight excluding hydrogens is 268 g/mol. The van der Waals surface area contributed by atoms with Crippen LogP contribution in [-0.4, -0.2) is 21.2 Å². The largest absolute Gasteiger partial charge is 0.480 e. The van der Waals surface area contributed by atoms with E-state index in [9.17, 15) is 14.9 Å². The Morgan fingerprint density at radius 1 is 1.53 bits per heavy atom. The molecule has 0 saturated carbocycles. The van der Waals surface area contributed by atoms with Crippen molar-refractivity contribution in [2.75, 3.05) is 0 Å². The maximum Gasteiger partial charge on any atom is 0.317 e. The van der Waals surface area contributed by atoms with Gasteiger partial charge in [0.05, 0.1) is 21.5 Å². The molecular formula is C12H12N2O4S. The van der Waals surface area contributed by atoms with Crippen LogP contribution in [0.2, 0.25) is 0 Å². The number of nitro groups is 1. The monoisotopic (exact) mass is 280 g/mol. The fourth-order valence-corrected chi connectivity index (χ4v) is 2.54. The van der Waals surface area contributed by atoms with Crippen molar-refractivity contribution in [3.8, 4) is 6.07 Å². The summed E-state index contributed by atoms with van der Waals surface area (Å²) >= 11 is 0.897. The van der Waals surface area contributed by atoms with Gasteiger partial charge in [-0.05, 0) is 18.1 Å². The quantitative estimate of drug-likeness (QED) is 0.505. The SMILES string of the molecule is CC(C)C(Sc1cc(C#N)ccc1[N+](=O)[O-])C(=O)O. The van der Waals surface area contributed by atoms with Crippen LogP contribution in [0.3, 0.4) is 0 Å². The lowest BCUT2D eigenvalue weighted by Crippen LogP contribution is -2.22. The zero-order valence-corrected chi connectivity index (χ0v) is 11.2. The van der Waals surface area contributed by atoms with E-state index in [0.717, 1.165) is 11.8 Å². The van der Waals surface area contributed by atoms with E-state index in [-0.39, 0.29) is 22.1 Å². The van der Waals surface area contributed by atoms with Gasteiger partial charge in [-0.25, -0.2) is 0 Å². The van der Waals surface area contributed by atoms with E-state index in [4.69, 9.17) is 10.4 Å². The molecule has 1 aromatic rings. The van der Waals surface area contributed by atoms with Gasteiger partial charge in [-0.15, -0.1) is 11.8 Å². The molecule has 1 N–H and O–H groups in total. The fraction of sp³-hybridized carbons (Fsp3) is 0.333. The number of nitro benzene ring substituents is 1. The van der Waals surface area contributed by atoms with Crippen molar-refractivity contribution in [3.05, 3.63) is 33.9 Å². The van der Waals surface area contributed by atoms with Crippen molar-refractivity contribution < 1.29 is 14.8 Å². The number of benzene rings is 1. The summed E-state index contributed by atoms with van der Waals surface area (Å²) in [6.45, 7) is 3.46. The molecule has 0 aliphatic heterocycles. The number of hydrogen-bond acceptors (Lipinski definition) is 5. The first-order chi connectivity index (χ1) is 8.86. The van der Waals surface area contributed by atoms with E-state index < -0.39 is 16.1 Å². The van der Waals surface area contributed by atoms with Gasteiger partial charge >= 0.3 is 5.97 Å². The second-order valence-corrected chi connectivity index (χ2v) is 5.36. The molecule has 1 aromatic carbocycles. The van der Waals surface area contributed by atoms with E-state index in [1.807, 2.05) is 6.07 Å². The van der Waals surface area contributed by atoms with Crippen molar-refractivity contribution in [2.24, 2.45) is 5.92 Å². The molecule has 0 radical (unpaired) electrons. The molecule has 7 heteroatoms. The molecule has 1 rings (SSSR count). The van der Waals surface area contributed by atoms with E-state index in [0.29, 0.717) is 0 Å². The van der Waals surface area contributed by atoms with Crippen LogP contribution in [0.15, 0.2) is 23.1 Å². The Morgan fingerprint density at radius 2 is 2.16 bits per heavy atom. The third-order valence-electron chi connectivity index (χ3n) is 2.39. The Morgan fingerprint density at radius 3 is 2.58 bits per heavy atom. The highest BCUT2D eigenvalue weighted by Crippen LogP contribution is 2.35. The van der Waals surface area contributed by atoms with Gasteiger partial charge in [-0.2, -0.15) is 5.26 Å². The number of carboxylic acid groups (broad SMARTS) is 1. The van der Waals surface area contributed by atoms with Crippen molar-refractivity contribution in [3.63, 3.8) is 0 Å². The van der Waals surface area contributed by atoms with Gasteiger partial charge in [0.15, 0.2) is 0 Å². The average Bonchev–Trinajstić information content (AvgIpc) is 2.34. The van der Waals surface area contributed by atoms with Crippen LogP contribution in [0.25, 0.3) is 0 Å². The number of carboxylic acids is 1. The van der Waals surface area contributed by atoms with Gasteiger partial charge in [-0.1, -0.05) is 13.8 Å². The van der Waals surface area contributed by atoms with E-state index in [1.165, 1.54) is 18.2 Å². The van der Waals surface area contributed by atoms with Gasteiger partial charge < -0.3 is 5.11 Å². The number of carbonyl (C=O) groups is 1. The molecule has 0 aliphatic rings. The molecule has 19 heavy (non-hydrogen) atoms. The highest BCUT2D eigenvalue weighted by atomic mass is 32.2. The van der Waals surface area contributed by atoms with Crippen molar-refractivity contribution in [1.29, 1.82) is 5.26 Å². The smallest absolute Gasteiger partial charge is 0.317 e. The first-order valence-corrected chi connectivity index (χ1v) is 6.32. The molecule has 0 heterocycles. The summed E-state index contributed by atoms with van der Waals surface area (Å²) in [5.41, 5.74) is 0.0805. The Bertz CT molecular complexity index is 551. The van der Waals surface area contributed by atoms with Crippen molar-refractivity contribution in [1.82, 2.24) is 0 Å². The molecule has 0 fully saturated rings. The van der Waals surface area contributed by atoms with Crippen LogP contribution >= 0.6 is 11.8 Å². The van der Waals surface area contributed by atoms with Crippen molar-refractivity contribution in [2.45, 2.75) is 24.0 Å². The standard InChI is InChI=1S/C12H12N2O4S/c1-7(2)11(12(15)16)19-10-5-8(6-13)3-4-9(10)14(17)18/h3-5,7,11H,1-2H3,(H,15,16). The fourth-order valence-electron chi connectivity index (χ4n) is 1.44. The Labute approximate surface area is 114 Å². The zero-order chi connectivity index (χ0) is 14.6. The minimum absolute atomic E-state index is 0.184. The summed E-state index contributed by atoms with van der Waals surface area (Å²) in [5, 5.41) is 28.0. The highest BCUT2D eigenvalue weighted by molar-refractivity contribution is 8.00. The summed E-state index contributed by atoms with van der Waals surface area (Å²) in [7, 11) is 0. The molecule has 0 saturated heterocycles. The molecule has 1 unspecified atom stereocenters. The Hall–Kier alpha value is -2.07. The van der Waals surface area contributed by atoms with E-state index >= 15 is 0 Å². The summed E-state index contributed by atoms with van der Waals surface area (Å²) in [6.07, 6.45) is 0. The molecule has 6 nitrogen and oxygen atoms in total. The number of rotatable bonds is 5. The molecule has 0 spiro atoms. The lowest BCUT2D eigenvalue weighted by atomic mass is 10.1. The van der Waals surface area contributed by atoms with Gasteiger partial charge in [0.1, 0.15) is 5.25 Å². The van der Waals surface area contributed by atoms with Crippen LogP contribution in [0.1, 0.15) is 19.4 Å². The average molecular weight is 280 g/mol. The molecule has 0 amide bonds. The maximum absolute atomic E-state index is 11.1. The summed E-state index contributed by atoms with van der Waals surface area (Å²) in [4.78, 5) is 21.6. The third kappa shape index (κ3) is 3.69. The normalized spacial score (nSPS) is 11.9. The van der Waals surface area contributed by atoms with Crippen LogP contribution in [0, 0.1) is 27.4 Å². The topological polar surface area (TPSA) is 104 Å². The van der Waals surface area contributed by atoms with Gasteiger partial charge in [0.2, 0.25) is 0 Å². The first kappa shape index (κ1) is 15.0. The summed E-state index contributed by atoms with van der Waals surface area (Å²) in [6, 6.07) is 5.79. The minimum Gasteiger partial charge on any atom is -0.480 e. The lowest BCUT2D eigenvalue weighted by Gasteiger charge is -2.15. The van der Waals surface area contributed by atoms with Crippen molar-refractivity contribution >= 4 is 23.4 Å². The lowest BCUT2D eigenvalue weighted by molar-refractivity contribution is -0.387. The molecule has 100 valence electrons. The summed E-state index contributed by atoms with van der Waals surface area (Å²) in [5.74, 6) is -1.22. The first-order valence-electron chi connectivity index (χ1n) is 5.44. The number of hydrogen-bond donors (Lipinski definition) is 1. The Kier molecular flexibility index (Phi) is 4.89. The number of nitrogens with zero attached hydrogens (tertiary/aromatic N) is 2. The second-order valence-electron chi connectivity index (χ2n) is 4.17. The van der Waals surface area contributed by atoms with Crippen LogP contribution in [-0.2, 0) is 4.79 Å². The van der Waals surface area contributed by atoms with Crippen LogP contribution in [0.5, 0.6) is 0 Å².